The number of fused-ring (bicyclic) bond motifs is 6. The molecule has 1 aromatic heterocycles. The monoisotopic (exact) mass is 638 g/mol. The normalized spacial score (nSPS) is 11.7. The fourth-order valence-electron chi connectivity index (χ4n) is 7.94. The maximum Gasteiger partial charge on any atom is 0.0361 e. The van der Waals surface area contributed by atoms with E-state index in [-0.39, 0.29) is 0 Å². The second-order valence-corrected chi connectivity index (χ2v) is 13.9. The molecule has 1 heterocycles. The van der Waals surface area contributed by atoms with Crippen molar-refractivity contribution in [3.05, 3.63) is 182 Å². The van der Waals surface area contributed by atoms with Gasteiger partial charge in [-0.2, -0.15) is 0 Å². The number of hydrogen-bond acceptors (Lipinski definition) is 1. The maximum absolute atomic E-state index is 2.37. The van der Waals surface area contributed by atoms with E-state index >= 15 is 0 Å². The van der Waals surface area contributed by atoms with Crippen molar-refractivity contribution in [3.63, 3.8) is 0 Å². The second-order valence-electron chi connectivity index (χ2n) is 12.8. The Morgan fingerprint density at radius 3 is 1.55 bits per heavy atom. The molecule has 0 saturated heterocycles. The van der Waals surface area contributed by atoms with Gasteiger partial charge in [0.05, 0.1) is 0 Å². The SMILES string of the molecule is c1ccc(-c2ccc3cccc(-c4c5ccccc5c(-c5ccccc5-c5cccc6sc7ccccc7c56)c5ccccc45)c3c2)cc1. The van der Waals surface area contributed by atoms with Gasteiger partial charge in [0, 0.05) is 20.2 Å². The molecule has 49 heavy (non-hydrogen) atoms. The molecule has 0 nitrogen and oxygen atoms in total. The first kappa shape index (κ1) is 28.0. The summed E-state index contributed by atoms with van der Waals surface area (Å²) in [5, 5.41) is 10.2. The van der Waals surface area contributed by atoms with Crippen LogP contribution in [0.15, 0.2) is 182 Å². The van der Waals surface area contributed by atoms with Crippen LogP contribution in [0.3, 0.4) is 0 Å². The highest BCUT2D eigenvalue weighted by Gasteiger charge is 2.21. The minimum atomic E-state index is 1.23. The van der Waals surface area contributed by atoms with Gasteiger partial charge >= 0.3 is 0 Å². The van der Waals surface area contributed by atoms with Gasteiger partial charge in [-0.25, -0.2) is 0 Å². The van der Waals surface area contributed by atoms with Crippen LogP contribution in [-0.2, 0) is 0 Å². The summed E-state index contributed by atoms with van der Waals surface area (Å²) in [6.07, 6.45) is 0. The molecule has 228 valence electrons. The fourth-order valence-corrected chi connectivity index (χ4v) is 9.08. The lowest BCUT2D eigenvalue weighted by atomic mass is 9.82. The van der Waals surface area contributed by atoms with Crippen molar-refractivity contribution in [1.82, 2.24) is 0 Å². The molecule has 0 amide bonds. The number of thiophene rings is 1. The quantitative estimate of drug-likeness (QED) is 0.168. The summed E-state index contributed by atoms with van der Waals surface area (Å²) >= 11 is 1.88. The van der Waals surface area contributed by atoms with Crippen LogP contribution < -0.4 is 0 Å². The zero-order valence-electron chi connectivity index (χ0n) is 26.7. The van der Waals surface area contributed by atoms with Crippen molar-refractivity contribution in [2.45, 2.75) is 0 Å². The van der Waals surface area contributed by atoms with Gasteiger partial charge in [-0.15, -0.1) is 11.3 Å². The lowest BCUT2D eigenvalue weighted by Gasteiger charge is -2.21. The van der Waals surface area contributed by atoms with Gasteiger partial charge in [-0.05, 0) is 95.0 Å². The molecule has 0 atom stereocenters. The zero-order valence-corrected chi connectivity index (χ0v) is 27.5. The molecule has 0 N–H and O–H groups in total. The van der Waals surface area contributed by atoms with Gasteiger partial charge in [0.1, 0.15) is 0 Å². The molecule has 9 aromatic carbocycles. The predicted molar refractivity (Wildman–Crippen MR) is 214 cm³/mol. The Balaban J connectivity index is 1.29. The molecule has 1 heteroatoms. The molecule has 0 saturated carbocycles. The minimum absolute atomic E-state index is 1.23. The van der Waals surface area contributed by atoms with Crippen LogP contribution in [0, 0.1) is 0 Å². The summed E-state index contributed by atoms with van der Waals surface area (Å²) in [5.41, 5.74) is 10.1. The van der Waals surface area contributed by atoms with Gasteiger partial charge in [0.25, 0.3) is 0 Å². The summed E-state index contributed by atoms with van der Waals surface area (Å²) in [6, 6.07) is 67.0. The van der Waals surface area contributed by atoms with Crippen LogP contribution in [0.25, 0.3) is 97.0 Å². The standard InChI is InChI=1S/C48H30S/c1-2-14-31(15-3-1)33-29-28-32-16-12-24-41(43(32)30-33)47-39-21-8-6-19-37(39)46(38-20-7-9-22-40(38)47)35-18-5-4-17-34(35)36-25-13-27-45-48(36)42-23-10-11-26-44(42)49-45/h1-30H. The van der Waals surface area contributed by atoms with Crippen LogP contribution in [0.5, 0.6) is 0 Å². The predicted octanol–water partition coefficient (Wildman–Crippen LogP) is 14.2. The highest BCUT2D eigenvalue weighted by molar-refractivity contribution is 7.25. The van der Waals surface area contributed by atoms with E-state index in [0.717, 1.165) is 0 Å². The Morgan fingerprint density at radius 2 is 0.816 bits per heavy atom. The molecular weight excluding hydrogens is 609 g/mol. The zero-order chi connectivity index (χ0) is 32.3. The highest BCUT2D eigenvalue weighted by atomic mass is 32.1. The van der Waals surface area contributed by atoms with Gasteiger partial charge in [-0.1, -0.05) is 164 Å². The number of benzene rings is 9. The summed E-state index contributed by atoms with van der Waals surface area (Å²) in [4.78, 5) is 0. The lowest BCUT2D eigenvalue weighted by Crippen LogP contribution is -1.93. The van der Waals surface area contributed by atoms with Crippen LogP contribution in [0.1, 0.15) is 0 Å². The van der Waals surface area contributed by atoms with Crippen LogP contribution in [-0.4, -0.2) is 0 Å². The molecule has 10 aromatic rings. The maximum atomic E-state index is 2.37. The fraction of sp³-hybridized carbons (Fsp3) is 0. The van der Waals surface area contributed by atoms with E-state index in [9.17, 15) is 0 Å². The molecule has 0 radical (unpaired) electrons. The summed E-state index contributed by atoms with van der Waals surface area (Å²) in [6.45, 7) is 0. The van der Waals surface area contributed by atoms with Gasteiger partial charge in [-0.3, -0.25) is 0 Å². The first-order valence-corrected chi connectivity index (χ1v) is 17.7. The third-order valence-corrected chi connectivity index (χ3v) is 11.2. The average Bonchev–Trinajstić information content (AvgIpc) is 3.56. The van der Waals surface area contributed by atoms with Crippen molar-refractivity contribution < 1.29 is 0 Å². The Hall–Kier alpha value is -6.02. The van der Waals surface area contributed by atoms with E-state index in [1.165, 1.54) is 97.0 Å². The molecule has 0 aliphatic carbocycles. The molecule has 0 unspecified atom stereocenters. The smallest absolute Gasteiger partial charge is 0.0361 e. The van der Waals surface area contributed by atoms with Crippen LogP contribution in [0.2, 0.25) is 0 Å². The lowest BCUT2D eigenvalue weighted by molar-refractivity contribution is 1.63. The highest BCUT2D eigenvalue weighted by Crippen LogP contribution is 2.49. The Morgan fingerprint density at radius 1 is 0.286 bits per heavy atom. The largest absolute Gasteiger partial charge is 0.135 e. The van der Waals surface area contributed by atoms with E-state index in [1.54, 1.807) is 0 Å². The topological polar surface area (TPSA) is 0 Å². The Bertz CT molecular complexity index is 2820. The average molecular weight is 639 g/mol. The molecule has 0 fully saturated rings. The third-order valence-electron chi connectivity index (χ3n) is 10.1. The summed E-state index contributed by atoms with van der Waals surface area (Å²) in [5.74, 6) is 0. The molecular formula is C48H30S. The first-order chi connectivity index (χ1) is 24.3. The molecule has 10 rings (SSSR count). The van der Waals surface area contributed by atoms with E-state index < -0.39 is 0 Å². The molecule has 0 spiro atoms. The minimum Gasteiger partial charge on any atom is -0.135 e. The van der Waals surface area contributed by atoms with Gasteiger partial charge in [0.2, 0.25) is 0 Å². The Kier molecular flexibility index (Phi) is 6.47. The molecule has 0 bridgehead atoms. The summed E-state index contributed by atoms with van der Waals surface area (Å²) in [7, 11) is 0. The molecule has 0 aliphatic rings. The van der Waals surface area contributed by atoms with Gasteiger partial charge < -0.3 is 0 Å². The van der Waals surface area contributed by atoms with E-state index in [1.807, 2.05) is 11.3 Å². The third kappa shape index (κ3) is 4.44. The van der Waals surface area contributed by atoms with E-state index in [4.69, 9.17) is 0 Å². The van der Waals surface area contributed by atoms with Crippen molar-refractivity contribution in [3.8, 4) is 44.5 Å². The Labute approximate surface area is 289 Å². The van der Waals surface area contributed by atoms with Crippen molar-refractivity contribution in [2.24, 2.45) is 0 Å². The van der Waals surface area contributed by atoms with Gasteiger partial charge in [0.15, 0.2) is 0 Å². The van der Waals surface area contributed by atoms with Crippen molar-refractivity contribution >= 4 is 63.8 Å². The number of hydrogen-bond donors (Lipinski definition) is 0. The van der Waals surface area contributed by atoms with E-state index in [0.29, 0.717) is 0 Å². The van der Waals surface area contributed by atoms with E-state index in [2.05, 4.69) is 182 Å². The molecule has 0 aliphatic heterocycles. The summed E-state index contributed by atoms with van der Waals surface area (Å²) < 4.78 is 2.65. The van der Waals surface area contributed by atoms with Crippen LogP contribution >= 0.6 is 11.3 Å². The van der Waals surface area contributed by atoms with Crippen molar-refractivity contribution in [1.29, 1.82) is 0 Å². The van der Waals surface area contributed by atoms with Crippen LogP contribution in [0.4, 0.5) is 0 Å². The first-order valence-electron chi connectivity index (χ1n) is 16.9. The van der Waals surface area contributed by atoms with Crippen molar-refractivity contribution in [2.75, 3.05) is 0 Å². The number of rotatable bonds is 4. The second kappa shape index (κ2) is 11.3.